The monoisotopic (exact) mass is 374 g/mol. The number of nitrogens with zero attached hydrogens (tertiary/aromatic N) is 4. The van der Waals surface area contributed by atoms with Crippen molar-refractivity contribution in [3.05, 3.63) is 87.2 Å². The number of aromatic nitrogens is 3. The van der Waals surface area contributed by atoms with Crippen LogP contribution in [0.2, 0.25) is 5.15 Å². The Morgan fingerprint density at radius 1 is 1.07 bits per heavy atom. The Kier molecular flexibility index (Phi) is 3.94. The molecule has 0 saturated carbocycles. The molecular formula is C21H15ClN4O. The first kappa shape index (κ1) is 17.2. The summed E-state index contributed by atoms with van der Waals surface area (Å²) in [7, 11) is 0. The largest absolute Gasteiger partial charge is 0.306 e. The second-order valence-corrected chi connectivity index (χ2v) is 7.18. The molecule has 0 atom stereocenters. The van der Waals surface area contributed by atoms with E-state index in [1.54, 1.807) is 29.0 Å². The molecule has 0 saturated heterocycles. The lowest BCUT2D eigenvalue weighted by molar-refractivity contribution is 0.664. The molecule has 0 spiro atoms. The summed E-state index contributed by atoms with van der Waals surface area (Å²) in [5.41, 5.74) is 2.70. The van der Waals surface area contributed by atoms with Gasteiger partial charge in [0.2, 0.25) is 0 Å². The van der Waals surface area contributed by atoms with E-state index in [1.165, 1.54) is 6.07 Å². The van der Waals surface area contributed by atoms with Gasteiger partial charge < -0.3 is 4.85 Å². The van der Waals surface area contributed by atoms with Gasteiger partial charge in [0.15, 0.2) is 0 Å². The average molecular weight is 375 g/mol. The van der Waals surface area contributed by atoms with Gasteiger partial charge in [-0.2, -0.15) is 0 Å². The van der Waals surface area contributed by atoms with Gasteiger partial charge in [-0.1, -0.05) is 11.6 Å². The number of rotatable bonds is 2. The fourth-order valence-electron chi connectivity index (χ4n) is 3.09. The zero-order chi connectivity index (χ0) is 19.2. The van der Waals surface area contributed by atoms with Crippen LogP contribution < -0.4 is 5.56 Å². The van der Waals surface area contributed by atoms with Gasteiger partial charge in [-0.3, -0.25) is 14.3 Å². The van der Waals surface area contributed by atoms with Crippen LogP contribution >= 0.6 is 11.6 Å². The maximum atomic E-state index is 12.7. The molecule has 0 unspecified atom stereocenters. The van der Waals surface area contributed by atoms with E-state index in [0.717, 1.165) is 10.9 Å². The molecule has 1 aromatic carbocycles. The van der Waals surface area contributed by atoms with Crippen LogP contribution in [0.1, 0.15) is 19.4 Å². The number of pyridine rings is 3. The fourth-order valence-corrected chi connectivity index (χ4v) is 3.23. The predicted octanol–water partition coefficient (Wildman–Crippen LogP) is 4.74. The second kappa shape index (κ2) is 6.19. The summed E-state index contributed by atoms with van der Waals surface area (Å²) in [5.74, 6) is 0. The average Bonchev–Trinajstić information content (AvgIpc) is 2.68. The third-order valence-electron chi connectivity index (χ3n) is 4.64. The smallest absolute Gasteiger partial charge is 0.255 e. The van der Waals surface area contributed by atoms with E-state index in [9.17, 15) is 4.79 Å². The van der Waals surface area contributed by atoms with Gasteiger partial charge in [0.1, 0.15) is 10.7 Å². The van der Waals surface area contributed by atoms with Crippen molar-refractivity contribution in [3.8, 4) is 5.69 Å². The fraction of sp³-hybridized carbons (Fsp3) is 0.143. The number of hydrogen-bond acceptors (Lipinski definition) is 3. The molecule has 6 heteroatoms. The predicted molar refractivity (Wildman–Crippen MR) is 107 cm³/mol. The summed E-state index contributed by atoms with van der Waals surface area (Å²) in [6.45, 7) is 11.1. The maximum Gasteiger partial charge on any atom is 0.255 e. The van der Waals surface area contributed by atoms with E-state index in [2.05, 4.69) is 14.8 Å². The highest BCUT2D eigenvalue weighted by Crippen LogP contribution is 2.28. The van der Waals surface area contributed by atoms with Crippen LogP contribution in [0.4, 0.5) is 0 Å². The van der Waals surface area contributed by atoms with Gasteiger partial charge in [-0.25, -0.2) is 11.6 Å². The van der Waals surface area contributed by atoms with Crippen LogP contribution in [0, 0.1) is 6.57 Å². The summed E-state index contributed by atoms with van der Waals surface area (Å²) < 4.78 is 1.61. The zero-order valence-electron chi connectivity index (χ0n) is 14.8. The van der Waals surface area contributed by atoms with E-state index >= 15 is 0 Å². The lowest BCUT2D eigenvalue weighted by atomic mass is 9.95. The number of benzene rings is 1. The van der Waals surface area contributed by atoms with Gasteiger partial charge in [0.25, 0.3) is 11.1 Å². The first-order valence-corrected chi connectivity index (χ1v) is 8.75. The van der Waals surface area contributed by atoms with E-state index in [0.29, 0.717) is 27.4 Å². The Labute approximate surface area is 160 Å². The number of halogens is 1. The van der Waals surface area contributed by atoms with Crippen LogP contribution in [-0.2, 0) is 5.54 Å². The van der Waals surface area contributed by atoms with E-state index in [4.69, 9.17) is 18.2 Å². The summed E-state index contributed by atoms with van der Waals surface area (Å²) in [4.78, 5) is 25.2. The molecule has 0 aliphatic heterocycles. The van der Waals surface area contributed by atoms with Gasteiger partial charge >= 0.3 is 0 Å². The summed E-state index contributed by atoms with van der Waals surface area (Å²) in [5, 5.41) is 1.14. The lowest BCUT2D eigenvalue weighted by Gasteiger charge is -2.15. The normalized spacial score (nSPS) is 11.6. The molecule has 132 valence electrons. The molecule has 5 nitrogen and oxygen atoms in total. The van der Waals surface area contributed by atoms with Crippen molar-refractivity contribution in [1.29, 1.82) is 0 Å². The summed E-state index contributed by atoms with van der Waals surface area (Å²) in [6.07, 6.45) is 1.72. The Morgan fingerprint density at radius 3 is 2.52 bits per heavy atom. The molecule has 3 heterocycles. The molecule has 0 N–H and O–H groups in total. The Morgan fingerprint density at radius 2 is 1.81 bits per heavy atom. The standard InChI is InChI=1S/C21H15ClN4O/c1-21(2,23-3)14-5-7-15(8-6-14)26-18(27)11-4-13-12-24-16-9-10-17(22)25-19(16)20(13)26/h4-12H,1-2H3. The summed E-state index contributed by atoms with van der Waals surface area (Å²) in [6, 6.07) is 14.2. The van der Waals surface area contributed by atoms with Crippen molar-refractivity contribution in [2.45, 2.75) is 19.4 Å². The molecule has 4 rings (SSSR count). The van der Waals surface area contributed by atoms with Crippen molar-refractivity contribution >= 4 is 33.5 Å². The van der Waals surface area contributed by atoms with Crippen molar-refractivity contribution in [2.75, 3.05) is 0 Å². The van der Waals surface area contributed by atoms with Gasteiger partial charge in [0, 0.05) is 42.7 Å². The molecular weight excluding hydrogens is 360 g/mol. The minimum Gasteiger partial charge on any atom is -0.306 e. The highest BCUT2D eigenvalue weighted by molar-refractivity contribution is 6.30. The molecule has 0 radical (unpaired) electrons. The highest BCUT2D eigenvalue weighted by Gasteiger charge is 2.25. The van der Waals surface area contributed by atoms with Crippen LogP contribution in [0.15, 0.2) is 59.5 Å². The minimum atomic E-state index is -0.617. The Bertz CT molecular complexity index is 1280. The van der Waals surface area contributed by atoms with E-state index in [-0.39, 0.29) is 5.56 Å². The topological polar surface area (TPSA) is 52.1 Å². The van der Waals surface area contributed by atoms with Crippen LogP contribution in [0.3, 0.4) is 0 Å². The zero-order valence-corrected chi connectivity index (χ0v) is 15.5. The molecule has 0 aliphatic rings. The quantitative estimate of drug-likeness (QED) is 0.289. The molecule has 0 fully saturated rings. The van der Waals surface area contributed by atoms with Gasteiger partial charge in [0.05, 0.1) is 11.0 Å². The van der Waals surface area contributed by atoms with Crippen molar-refractivity contribution < 1.29 is 0 Å². The Balaban J connectivity index is 2.04. The third-order valence-corrected chi connectivity index (χ3v) is 4.85. The maximum absolute atomic E-state index is 12.7. The first-order chi connectivity index (χ1) is 12.9. The highest BCUT2D eigenvalue weighted by atomic mass is 35.5. The lowest BCUT2D eigenvalue weighted by Crippen LogP contribution is -2.18. The molecule has 0 aliphatic carbocycles. The van der Waals surface area contributed by atoms with Crippen molar-refractivity contribution in [3.63, 3.8) is 0 Å². The molecule has 0 bridgehead atoms. The number of hydrogen-bond donors (Lipinski definition) is 0. The SMILES string of the molecule is [C-]#[N+]C(C)(C)c1ccc(-n2c(=O)ccc3cnc4ccc(Cl)nc4c32)cc1. The molecule has 0 amide bonds. The van der Waals surface area contributed by atoms with E-state index < -0.39 is 5.54 Å². The van der Waals surface area contributed by atoms with Crippen LogP contribution in [-0.4, -0.2) is 14.5 Å². The number of fused-ring (bicyclic) bond motifs is 3. The first-order valence-electron chi connectivity index (χ1n) is 8.37. The van der Waals surface area contributed by atoms with E-state index in [1.807, 2.05) is 38.1 Å². The third kappa shape index (κ3) is 2.84. The summed E-state index contributed by atoms with van der Waals surface area (Å²) >= 11 is 6.09. The second-order valence-electron chi connectivity index (χ2n) is 6.79. The van der Waals surface area contributed by atoms with Crippen LogP contribution in [0.25, 0.3) is 32.5 Å². The van der Waals surface area contributed by atoms with Crippen molar-refractivity contribution in [1.82, 2.24) is 14.5 Å². The minimum absolute atomic E-state index is 0.172. The van der Waals surface area contributed by atoms with Gasteiger partial charge in [-0.05, 0) is 42.5 Å². The Hall–Kier alpha value is -3.23. The van der Waals surface area contributed by atoms with Gasteiger partial charge in [-0.15, -0.1) is 0 Å². The van der Waals surface area contributed by atoms with Crippen molar-refractivity contribution in [2.24, 2.45) is 0 Å². The molecule has 3 aromatic heterocycles. The molecule has 27 heavy (non-hydrogen) atoms. The molecule has 4 aromatic rings. The van der Waals surface area contributed by atoms with Crippen LogP contribution in [0.5, 0.6) is 0 Å².